The average molecular weight is 232 g/mol. The Morgan fingerprint density at radius 2 is 2.35 bits per heavy atom. The van der Waals surface area contributed by atoms with Crippen LogP contribution in [-0.4, -0.2) is 29.3 Å². The van der Waals surface area contributed by atoms with Crippen LogP contribution in [0.3, 0.4) is 0 Å². The lowest BCUT2D eigenvalue weighted by Gasteiger charge is -2.35. The molecule has 1 aliphatic rings. The first-order chi connectivity index (χ1) is 8.26. The van der Waals surface area contributed by atoms with Gasteiger partial charge in [-0.25, -0.2) is 4.98 Å². The van der Waals surface area contributed by atoms with Gasteiger partial charge in [0.25, 0.3) is 0 Å². The Labute approximate surface area is 100 Å². The Kier molecular flexibility index (Phi) is 3.45. The molecule has 1 atom stereocenters. The number of piperidine rings is 1. The first kappa shape index (κ1) is 11.7. The molecule has 0 bridgehead atoms. The van der Waals surface area contributed by atoms with E-state index in [4.69, 9.17) is 11.0 Å². The number of aliphatic hydroxyl groups excluding tert-OH is 1. The highest BCUT2D eigenvalue weighted by Gasteiger charge is 2.23. The second kappa shape index (κ2) is 5.02. The molecule has 1 saturated heterocycles. The van der Waals surface area contributed by atoms with Crippen LogP contribution in [0.2, 0.25) is 0 Å². The average Bonchev–Trinajstić information content (AvgIpc) is 2.39. The van der Waals surface area contributed by atoms with Gasteiger partial charge in [-0.2, -0.15) is 5.26 Å². The molecule has 90 valence electrons. The summed E-state index contributed by atoms with van der Waals surface area (Å²) in [5, 5.41) is 18.2. The third-order valence-corrected chi connectivity index (χ3v) is 3.15. The van der Waals surface area contributed by atoms with Crippen molar-refractivity contribution in [1.82, 2.24) is 4.98 Å². The highest BCUT2D eigenvalue weighted by molar-refractivity contribution is 5.55. The fourth-order valence-electron chi connectivity index (χ4n) is 2.20. The number of nitriles is 1. The van der Waals surface area contributed by atoms with Gasteiger partial charge >= 0.3 is 0 Å². The number of nitrogens with zero attached hydrogens (tertiary/aromatic N) is 3. The van der Waals surface area contributed by atoms with Gasteiger partial charge in [0, 0.05) is 6.54 Å². The third-order valence-electron chi connectivity index (χ3n) is 3.15. The fourth-order valence-corrected chi connectivity index (χ4v) is 2.20. The SMILES string of the molecule is N#Cc1nc(N2CCCCC2CO)ccc1N. The van der Waals surface area contributed by atoms with Crippen LogP contribution in [0.15, 0.2) is 12.1 Å². The van der Waals surface area contributed by atoms with Gasteiger partial charge in [-0.15, -0.1) is 0 Å². The van der Waals surface area contributed by atoms with E-state index < -0.39 is 0 Å². The van der Waals surface area contributed by atoms with Crippen LogP contribution in [-0.2, 0) is 0 Å². The van der Waals surface area contributed by atoms with Gasteiger partial charge in [-0.1, -0.05) is 0 Å². The van der Waals surface area contributed by atoms with Crippen molar-refractivity contribution in [3.8, 4) is 6.07 Å². The summed E-state index contributed by atoms with van der Waals surface area (Å²) in [5.41, 5.74) is 6.30. The molecule has 0 aliphatic carbocycles. The first-order valence-corrected chi connectivity index (χ1v) is 5.80. The van der Waals surface area contributed by atoms with E-state index in [9.17, 15) is 5.11 Å². The van der Waals surface area contributed by atoms with Crippen LogP contribution < -0.4 is 10.6 Å². The second-order valence-corrected chi connectivity index (χ2v) is 4.24. The summed E-state index contributed by atoms with van der Waals surface area (Å²) in [6.07, 6.45) is 3.18. The van der Waals surface area contributed by atoms with Gasteiger partial charge in [-0.3, -0.25) is 0 Å². The summed E-state index contributed by atoms with van der Waals surface area (Å²) >= 11 is 0. The Balaban J connectivity index is 2.29. The Hall–Kier alpha value is -1.80. The van der Waals surface area contributed by atoms with E-state index in [0.29, 0.717) is 5.69 Å². The molecule has 5 nitrogen and oxygen atoms in total. The Bertz CT molecular complexity index is 441. The number of nitrogens with two attached hydrogens (primary N) is 1. The topological polar surface area (TPSA) is 86.2 Å². The van der Waals surface area contributed by atoms with Gasteiger partial charge in [0.05, 0.1) is 18.3 Å². The van der Waals surface area contributed by atoms with Crippen molar-refractivity contribution >= 4 is 11.5 Å². The molecule has 3 N–H and O–H groups in total. The summed E-state index contributed by atoms with van der Waals surface area (Å²) in [5.74, 6) is 0.731. The standard InChI is InChI=1S/C12H16N4O/c13-7-11-10(14)4-5-12(15-11)16-6-2-1-3-9(16)8-17/h4-5,9,17H,1-3,6,8,14H2. The number of aliphatic hydroxyl groups is 1. The van der Waals surface area contributed by atoms with Crippen molar-refractivity contribution in [1.29, 1.82) is 5.26 Å². The molecular weight excluding hydrogens is 216 g/mol. The van der Waals surface area contributed by atoms with E-state index in [0.717, 1.165) is 31.6 Å². The van der Waals surface area contributed by atoms with Crippen molar-refractivity contribution in [2.45, 2.75) is 25.3 Å². The smallest absolute Gasteiger partial charge is 0.165 e. The van der Waals surface area contributed by atoms with Crippen molar-refractivity contribution in [2.75, 3.05) is 23.8 Å². The molecule has 2 heterocycles. The molecule has 0 saturated carbocycles. The minimum Gasteiger partial charge on any atom is -0.396 e. The summed E-state index contributed by atoms with van der Waals surface area (Å²) in [6.45, 7) is 0.987. The number of anilines is 2. The van der Waals surface area contributed by atoms with Crippen molar-refractivity contribution in [3.05, 3.63) is 17.8 Å². The fraction of sp³-hybridized carbons (Fsp3) is 0.500. The Morgan fingerprint density at radius 3 is 3.06 bits per heavy atom. The van der Waals surface area contributed by atoms with E-state index in [1.807, 2.05) is 12.1 Å². The maximum absolute atomic E-state index is 9.34. The molecule has 0 amide bonds. The molecule has 2 rings (SSSR count). The van der Waals surface area contributed by atoms with E-state index in [2.05, 4.69) is 9.88 Å². The Morgan fingerprint density at radius 1 is 1.53 bits per heavy atom. The van der Waals surface area contributed by atoms with Gasteiger partial charge in [0.2, 0.25) is 0 Å². The van der Waals surface area contributed by atoms with Crippen molar-refractivity contribution in [3.63, 3.8) is 0 Å². The van der Waals surface area contributed by atoms with E-state index in [1.165, 1.54) is 0 Å². The third kappa shape index (κ3) is 2.32. The maximum Gasteiger partial charge on any atom is 0.165 e. The van der Waals surface area contributed by atoms with Crippen LogP contribution in [0, 0.1) is 11.3 Å². The maximum atomic E-state index is 9.34. The number of hydrogen-bond donors (Lipinski definition) is 2. The van der Waals surface area contributed by atoms with Crippen LogP contribution in [0.25, 0.3) is 0 Å². The molecule has 0 radical (unpaired) electrons. The zero-order valence-corrected chi connectivity index (χ0v) is 9.63. The largest absolute Gasteiger partial charge is 0.396 e. The monoisotopic (exact) mass is 232 g/mol. The summed E-state index contributed by atoms with van der Waals surface area (Å²) in [7, 11) is 0. The minimum absolute atomic E-state index is 0.103. The van der Waals surface area contributed by atoms with E-state index in [1.54, 1.807) is 6.07 Å². The zero-order chi connectivity index (χ0) is 12.3. The van der Waals surface area contributed by atoms with Gasteiger partial charge in [-0.05, 0) is 31.4 Å². The van der Waals surface area contributed by atoms with Gasteiger partial charge < -0.3 is 15.7 Å². The molecule has 17 heavy (non-hydrogen) atoms. The quantitative estimate of drug-likeness (QED) is 0.790. The second-order valence-electron chi connectivity index (χ2n) is 4.24. The lowest BCUT2D eigenvalue weighted by molar-refractivity contribution is 0.239. The van der Waals surface area contributed by atoms with Crippen molar-refractivity contribution in [2.24, 2.45) is 0 Å². The summed E-state index contributed by atoms with van der Waals surface area (Å²) in [6, 6.07) is 5.59. The molecule has 1 aromatic rings. The van der Waals surface area contributed by atoms with Gasteiger partial charge in [0.1, 0.15) is 11.9 Å². The van der Waals surface area contributed by atoms with Crippen LogP contribution in [0.1, 0.15) is 25.0 Å². The van der Waals surface area contributed by atoms with Crippen molar-refractivity contribution < 1.29 is 5.11 Å². The number of nitrogen functional groups attached to an aromatic ring is 1. The number of rotatable bonds is 2. The molecule has 0 spiro atoms. The molecule has 1 fully saturated rings. The predicted molar refractivity (Wildman–Crippen MR) is 65.4 cm³/mol. The molecule has 5 heteroatoms. The highest BCUT2D eigenvalue weighted by atomic mass is 16.3. The van der Waals surface area contributed by atoms with Crippen LogP contribution in [0.4, 0.5) is 11.5 Å². The summed E-state index contributed by atoms with van der Waals surface area (Å²) in [4.78, 5) is 6.30. The zero-order valence-electron chi connectivity index (χ0n) is 9.63. The van der Waals surface area contributed by atoms with Crippen LogP contribution >= 0.6 is 0 Å². The summed E-state index contributed by atoms with van der Waals surface area (Å²) < 4.78 is 0. The predicted octanol–water partition coefficient (Wildman–Crippen LogP) is 0.887. The minimum atomic E-state index is 0.103. The van der Waals surface area contributed by atoms with Gasteiger partial charge in [0.15, 0.2) is 5.69 Å². The van der Waals surface area contributed by atoms with E-state index in [-0.39, 0.29) is 18.3 Å². The number of pyridine rings is 1. The number of hydrogen-bond acceptors (Lipinski definition) is 5. The lowest BCUT2D eigenvalue weighted by Crippen LogP contribution is -2.42. The molecule has 1 aromatic heterocycles. The normalized spacial score (nSPS) is 20.0. The molecule has 1 aliphatic heterocycles. The number of aromatic nitrogens is 1. The molecule has 1 unspecified atom stereocenters. The highest BCUT2D eigenvalue weighted by Crippen LogP contribution is 2.24. The molecule has 0 aromatic carbocycles. The molecular formula is C12H16N4O. The first-order valence-electron chi connectivity index (χ1n) is 5.80. The lowest BCUT2D eigenvalue weighted by atomic mass is 10.0. The van der Waals surface area contributed by atoms with Crippen LogP contribution in [0.5, 0.6) is 0 Å². The van der Waals surface area contributed by atoms with E-state index >= 15 is 0 Å².